The fourth-order valence-corrected chi connectivity index (χ4v) is 3.70. The fourth-order valence-electron chi connectivity index (χ4n) is 1.64. The van der Waals surface area contributed by atoms with Gasteiger partial charge in [0.2, 0.25) is 0 Å². The third kappa shape index (κ3) is 3.34. The van der Waals surface area contributed by atoms with E-state index in [0.717, 1.165) is 12.1 Å². The van der Waals surface area contributed by atoms with E-state index in [0.29, 0.717) is 4.47 Å². The molecule has 0 aromatic heterocycles. The van der Waals surface area contributed by atoms with Crippen molar-refractivity contribution in [1.82, 2.24) is 0 Å². The Morgan fingerprint density at radius 1 is 1.14 bits per heavy atom. The van der Waals surface area contributed by atoms with Crippen LogP contribution in [0.4, 0.5) is 5.69 Å². The molecule has 110 valence electrons. The van der Waals surface area contributed by atoms with Gasteiger partial charge in [-0.2, -0.15) is 0 Å². The van der Waals surface area contributed by atoms with Crippen molar-refractivity contribution >= 4 is 37.6 Å². The summed E-state index contributed by atoms with van der Waals surface area (Å²) in [5, 5.41) is 18.3. The van der Waals surface area contributed by atoms with Crippen LogP contribution in [0.1, 0.15) is 10.4 Å². The summed E-state index contributed by atoms with van der Waals surface area (Å²) in [5.41, 5.74) is -0.344. The molecule has 0 aliphatic carbocycles. The molecule has 8 heteroatoms. The molecule has 0 atom stereocenters. The van der Waals surface area contributed by atoms with Crippen molar-refractivity contribution in [2.24, 2.45) is 0 Å². The Labute approximate surface area is 129 Å². The average molecular weight is 372 g/mol. The first-order valence-corrected chi connectivity index (χ1v) is 7.92. The number of rotatable bonds is 4. The summed E-state index contributed by atoms with van der Waals surface area (Å²) in [5.74, 6) is -1.79. The molecule has 3 N–H and O–H groups in total. The van der Waals surface area contributed by atoms with E-state index in [-0.39, 0.29) is 16.1 Å². The fraction of sp³-hybridized carbons (Fsp3) is 0. The predicted octanol–water partition coefficient (Wildman–Crippen LogP) is 2.65. The summed E-state index contributed by atoms with van der Waals surface area (Å²) in [6.45, 7) is 0. The van der Waals surface area contributed by atoms with Crippen LogP contribution in [0.5, 0.6) is 5.75 Å². The average Bonchev–Trinajstić information content (AvgIpc) is 2.40. The first kappa shape index (κ1) is 15.3. The molecule has 0 amide bonds. The second-order valence-corrected chi connectivity index (χ2v) is 6.58. The van der Waals surface area contributed by atoms with Crippen LogP contribution in [0.15, 0.2) is 51.8 Å². The first-order chi connectivity index (χ1) is 9.81. The van der Waals surface area contributed by atoms with Gasteiger partial charge in [-0.15, -0.1) is 0 Å². The molecule has 0 aliphatic rings. The molecular formula is C13H10BrNO5S. The Balaban J connectivity index is 2.40. The molecule has 0 saturated carbocycles. The lowest BCUT2D eigenvalue weighted by Gasteiger charge is -2.10. The quantitative estimate of drug-likeness (QED) is 0.716. The highest BCUT2D eigenvalue weighted by Gasteiger charge is 2.18. The number of nitrogens with one attached hydrogen (secondary N) is 1. The molecule has 0 saturated heterocycles. The van der Waals surface area contributed by atoms with Gasteiger partial charge in [0.05, 0.1) is 0 Å². The van der Waals surface area contributed by atoms with E-state index in [1.165, 1.54) is 12.1 Å². The molecular weight excluding hydrogens is 362 g/mol. The summed E-state index contributed by atoms with van der Waals surface area (Å²) in [6.07, 6.45) is 0. The second-order valence-electron chi connectivity index (χ2n) is 4.07. The third-order valence-electron chi connectivity index (χ3n) is 2.61. The minimum absolute atomic E-state index is 0.0231. The molecule has 0 heterocycles. The Morgan fingerprint density at radius 3 is 2.43 bits per heavy atom. The van der Waals surface area contributed by atoms with Crippen molar-refractivity contribution in [3.05, 3.63) is 52.5 Å². The van der Waals surface area contributed by atoms with Gasteiger partial charge in [-0.05, 0) is 46.3 Å². The van der Waals surface area contributed by atoms with Gasteiger partial charge in [0.15, 0.2) is 0 Å². The van der Waals surface area contributed by atoms with E-state index in [1.807, 2.05) is 0 Å². The SMILES string of the molecule is O=C(O)c1cc(NS(=O)(=O)c2ccccc2Br)ccc1O. The van der Waals surface area contributed by atoms with E-state index in [9.17, 15) is 18.3 Å². The van der Waals surface area contributed by atoms with E-state index >= 15 is 0 Å². The van der Waals surface area contributed by atoms with Crippen molar-refractivity contribution in [3.63, 3.8) is 0 Å². The largest absolute Gasteiger partial charge is 0.507 e. The van der Waals surface area contributed by atoms with Gasteiger partial charge in [-0.1, -0.05) is 12.1 Å². The van der Waals surface area contributed by atoms with Crippen LogP contribution in [0.2, 0.25) is 0 Å². The number of hydrogen-bond acceptors (Lipinski definition) is 4. The van der Waals surface area contributed by atoms with Gasteiger partial charge in [-0.25, -0.2) is 13.2 Å². The monoisotopic (exact) mass is 371 g/mol. The van der Waals surface area contributed by atoms with Gasteiger partial charge in [0.1, 0.15) is 16.2 Å². The summed E-state index contributed by atoms with van der Waals surface area (Å²) in [7, 11) is -3.87. The number of carboxylic acids is 1. The topological polar surface area (TPSA) is 104 Å². The lowest BCUT2D eigenvalue weighted by atomic mass is 10.2. The zero-order valence-electron chi connectivity index (χ0n) is 10.4. The van der Waals surface area contributed by atoms with Crippen LogP contribution in [0.3, 0.4) is 0 Å². The maximum atomic E-state index is 12.2. The van der Waals surface area contributed by atoms with Crippen molar-refractivity contribution in [2.75, 3.05) is 4.72 Å². The molecule has 0 unspecified atom stereocenters. The lowest BCUT2D eigenvalue weighted by molar-refractivity contribution is 0.0694. The normalized spacial score (nSPS) is 11.1. The van der Waals surface area contributed by atoms with Gasteiger partial charge >= 0.3 is 5.97 Å². The number of anilines is 1. The number of aromatic carboxylic acids is 1. The van der Waals surface area contributed by atoms with Crippen LogP contribution in [-0.2, 0) is 10.0 Å². The number of hydrogen-bond donors (Lipinski definition) is 3. The van der Waals surface area contributed by atoms with Gasteiger partial charge in [0, 0.05) is 10.2 Å². The van der Waals surface area contributed by atoms with Crippen LogP contribution < -0.4 is 4.72 Å². The Kier molecular flexibility index (Phi) is 4.19. The zero-order chi connectivity index (χ0) is 15.6. The number of carbonyl (C=O) groups is 1. The van der Waals surface area contributed by atoms with Crippen molar-refractivity contribution in [2.45, 2.75) is 4.90 Å². The van der Waals surface area contributed by atoms with Crippen LogP contribution in [0.25, 0.3) is 0 Å². The highest BCUT2D eigenvalue weighted by molar-refractivity contribution is 9.10. The lowest BCUT2D eigenvalue weighted by Crippen LogP contribution is -2.14. The molecule has 2 aromatic rings. The highest BCUT2D eigenvalue weighted by Crippen LogP contribution is 2.26. The van der Waals surface area contributed by atoms with Gasteiger partial charge in [-0.3, -0.25) is 4.72 Å². The van der Waals surface area contributed by atoms with Gasteiger partial charge in [0.25, 0.3) is 10.0 Å². The summed E-state index contributed by atoms with van der Waals surface area (Å²) >= 11 is 3.14. The summed E-state index contributed by atoms with van der Waals surface area (Å²) in [6, 6.07) is 9.66. The molecule has 0 fully saturated rings. The Hall–Kier alpha value is -2.06. The second kappa shape index (κ2) is 5.74. The van der Waals surface area contributed by atoms with Gasteiger partial charge < -0.3 is 10.2 Å². The number of benzene rings is 2. The molecule has 0 bridgehead atoms. The molecule has 2 aromatic carbocycles. The van der Waals surface area contributed by atoms with Crippen molar-refractivity contribution in [3.8, 4) is 5.75 Å². The maximum absolute atomic E-state index is 12.2. The van der Waals surface area contributed by atoms with E-state index in [4.69, 9.17) is 5.11 Å². The smallest absolute Gasteiger partial charge is 0.339 e. The zero-order valence-corrected chi connectivity index (χ0v) is 12.8. The molecule has 0 spiro atoms. The van der Waals surface area contributed by atoms with Crippen LogP contribution >= 0.6 is 15.9 Å². The molecule has 2 rings (SSSR count). The van der Waals surface area contributed by atoms with Crippen molar-refractivity contribution < 1.29 is 23.4 Å². The van der Waals surface area contributed by atoms with E-state index in [2.05, 4.69) is 20.7 Å². The van der Waals surface area contributed by atoms with E-state index in [1.54, 1.807) is 18.2 Å². The molecule has 21 heavy (non-hydrogen) atoms. The number of halogens is 1. The Morgan fingerprint density at radius 2 is 1.81 bits per heavy atom. The number of aromatic hydroxyl groups is 1. The third-order valence-corrected chi connectivity index (χ3v) is 5.00. The predicted molar refractivity (Wildman–Crippen MR) is 80.0 cm³/mol. The minimum atomic E-state index is -3.87. The number of phenols is 1. The molecule has 0 radical (unpaired) electrons. The number of carboxylic acid groups (broad SMARTS) is 1. The maximum Gasteiger partial charge on any atom is 0.339 e. The summed E-state index contributed by atoms with van der Waals surface area (Å²) in [4.78, 5) is 10.9. The van der Waals surface area contributed by atoms with Crippen LogP contribution in [-0.4, -0.2) is 24.6 Å². The Bertz CT molecular complexity index is 804. The molecule has 0 aliphatic heterocycles. The highest BCUT2D eigenvalue weighted by atomic mass is 79.9. The summed E-state index contributed by atoms with van der Waals surface area (Å²) < 4.78 is 27.1. The van der Waals surface area contributed by atoms with Crippen LogP contribution in [0, 0.1) is 0 Å². The van der Waals surface area contributed by atoms with E-state index < -0.39 is 21.7 Å². The molecule has 6 nitrogen and oxygen atoms in total. The standard InChI is InChI=1S/C13H10BrNO5S/c14-10-3-1-2-4-12(10)21(19,20)15-8-5-6-11(16)9(7-8)13(17)18/h1-7,15-16H,(H,17,18). The van der Waals surface area contributed by atoms with Crippen molar-refractivity contribution in [1.29, 1.82) is 0 Å². The number of sulfonamides is 1. The first-order valence-electron chi connectivity index (χ1n) is 5.65. The minimum Gasteiger partial charge on any atom is -0.507 e.